The zero-order chi connectivity index (χ0) is 33.6. The van der Waals surface area contributed by atoms with Crippen molar-refractivity contribution in [2.75, 3.05) is 59.3 Å². The van der Waals surface area contributed by atoms with Crippen LogP contribution in [0.1, 0.15) is 95.3 Å². The molecule has 0 aromatic heterocycles. The topological polar surface area (TPSA) is 124 Å². The number of urea groups is 1. The van der Waals surface area contributed by atoms with Gasteiger partial charge >= 0.3 is 6.03 Å². The first-order valence-electron chi connectivity index (χ1n) is 17.3. The molecule has 3 N–H and O–H groups in total. The molecule has 46 heavy (non-hydrogen) atoms. The lowest BCUT2D eigenvalue weighted by Gasteiger charge is -2.36. The van der Waals surface area contributed by atoms with Gasteiger partial charge in [-0.1, -0.05) is 26.2 Å². The first-order chi connectivity index (χ1) is 22.0. The number of rotatable bonds is 10. The molecule has 2 aliphatic rings. The van der Waals surface area contributed by atoms with Crippen LogP contribution in [-0.4, -0.2) is 116 Å². The average molecular weight is 646 g/mol. The molecule has 260 valence electrons. The lowest BCUT2D eigenvalue weighted by atomic mass is 9.96. The highest BCUT2D eigenvalue weighted by atomic mass is 16.5. The number of hydrogen-bond donors (Lipinski definition) is 3. The van der Waals surface area contributed by atoms with E-state index in [1.807, 2.05) is 39.8 Å². The van der Waals surface area contributed by atoms with E-state index in [4.69, 9.17) is 9.47 Å². The van der Waals surface area contributed by atoms with Crippen molar-refractivity contribution in [1.82, 2.24) is 20.0 Å². The monoisotopic (exact) mass is 645 g/mol. The Labute approximate surface area is 276 Å². The third kappa shape index (κ3) is 12.0. The molecule has 0 unspecified atom stereocenters. The summed E-state index contributed by atoms with van der Waals surface area (Å²) < 4.78 is 12.7. The van der Waals surface area contributed by atoms with Crippen molar-refractivity contribution < 1.29 is 29.0 Å². The van der Waals surface area contributed by atoms with Crippen molar-refractivity contribution in [3.63, 3.8) is 0 Å². The number of hydrogen-bond acceptors (Lipinski definition) is 7. The molecule has 11 nitrogen and oxygen atoms in total. The Balaban J connectivity index is 1.84. The highest BCUT2D eigenvalue weighted by Gasteiger charge is 2.31. The summed E-state index contributed by atoms with van der Waals surface area (Å²) in [6, 6.07) is 4.83. The minimum Gasteiger partial charge on any atom is -0.490 e. The number of carbonyl (C=O) groups is 3. The van der Waals surface area contributed by atoms with Crippen LogP contribution in [0.4, 0.5) is 10.5 Å². The zero-order valence-corrected chi connectivity index (χ0v) is 29.1. The van der Waals surface area contributed by atoms with Gasteiger partial charge in [0.2, 0.25) is 5.91 Å². The molecule has 1 heterocycles. The van der Waals surface area contributed by atoms with Gasteiger partial charge in [-0.3, -0.25) is 9.59 Å². The highest BCUT2D eigenvalue weighted by Crippen LogP contribution is 2.29. The van der Waals surface area contributed by atoms with Gasteiger partial charge in [0.1, 0.15) is 5.75 Å². The number of fused-ring (bicyclic) bond motifs is 1. The van der Waals surface area contributed by atoms with Crippen LogP contribution in [-0.2, 0) is 9.53 Å². The second-order valence-corrected chi connectivity index (χ2v) is 13.6. The number of likely N-dealkylation sites (N-methyl/N-ethyl adjacent to an activating group) is 1. The van der Waals surface area contributed by atoms with E-state index in [-0.39, 0.29) is 48.6 Å². The molecule has 1 aromatic rings. The molecular formula is C35H59N5O6. The molecule has 1 aromatic carbocycles. The van der Waals surface area contributed by atoms with E-state index in [1.54, 1.807) is 35.0 Å². The van der Waals surface area contributed by atoms with Gasteiger partial charge in [0.05, 0.1) is 30.4 Å². The molecule has 0 radical (unpaired) electrons. The van der Waals surface area contributed by atoms with Crippen LogP contribution < -0.4 is 15.4 Å². The predicted octanol–water partition coefficient (Wildman–Crippen LogP) is 4.74. The molecular weight excluding hydrogens is 586 g/mol. The summed E-state index contributed by atoms with van der Waals surface area (Å²) in [7, 11) is 5.74. The van der Waals surface area contributed by atoms with Crippen molar-refractivity contribution in [3.05, 3.63) is 23.8 Å². The maximum Gasteiger partial charge on any atom is 0.317 e. The summed E-state index contributed by atoms with van der Waals surface area (Å²) in [6.07, 6.45) is 8.68. The van der Waals surface area contributed by atoms with E-state index in [1.165, 1.54) is 6.42 Å². The first kappa shape index (κ1) is 37.6. The maximum absolute atomic E-state index is 14.3. The number of aliphatic hydroxyl groups excluding tert-OH is 1. The Morgan fingerprint density at radius 1 is 1.07 bits per heavy atom. The zero-order valence-electron chi connectivity index (χ0n) is 29.1. The lowest BCUT2D eigenvalue weighted by Crippen LogP contribution is -2.50. The molecule has 1 fully saturated rings. The number of anilines is 1. The molecule has 0 spiro atoms. The van der Waals surface area contributed by atoms with Gasteiger partial charge in [0.15, 0.2) is 0 Å². The Morgan fingerprint density at radius 3 is 2.48 bits per heavy atom. The maximum atomic E-state index is 14.3. The molecule has 1 aliphatic carbocycles. The summed E-state index contributed by atoms with van der Waals surface area (Å²) in [5, 5.41) is 16.3. The molecule has 0 bridgehead atoms. The van der Waals surface area contributed by atoms with E-state index >= 15 is 0 Å². The standard InChI is InChI=1S/C35H59N5O6/c1-25-22-40(26(2)24-41)34(43)30-21-29(36-33(42)16-12-19-38(4)5)17-18-31(30)46-27(3)13-10-11-20-45-32(25)23-39(6)35(44)37-28-14-8-7-9-15-28/h17-18,21,25-28,32,41H,7-16,19-20,22-24H2,1-6H3,(H,36,42)(H,37,44)/t25-,26-,27-,32+/m0/s1. The van der Waals surface area contributed by atoms with Crippen molar-refractivity contribution in [3.8, 4) is 5.75 Å². The number of aliphatic hydroxyl groups is 1. The number of carbonyl (C=O) groups excluding carboxylic acids is 3. The number of amides is 4. The van der Waals surface area contributed by atoms with Gasteiger partial charge in [-0.25, -0.2) is 4.79 Å². The molecule has 1 saturated carbocycles. The summed E-state index contributed by atoms with van der Waals surface area (Å²) in [6.45, 7) is 7.64. The van der Waals surface area contributed by atoms with Gasteiger partial charge in [-0.15, -0.1) is 0 Å². The van der Waals surface area contributed by atoms with Crippen LogP contribution in [0.5, 0.6) is 5.75 Å². The Hall–Kier alpha value is -2.89. The van der Waals surface area contributed by atoms with Crippen LogP contribution in [0.3, 0.4) is 0 Å². The molecule has 4 atom stereocenters. The number of nitrogens with one attached hydrogen (secondary N) is 2. The van der Waals surface area contributed by atoms with E-state index in [0.29, 0.717) is 43.1 Å². The summed E-state index contributed by atoms with van der Waals surface area (Å²) in [5.74, 6) is -0.0997. The second kappa shape index (κ2) is 19.1. The molecule has 11 heteroatoms. The van der Waals surface area contributed by atoms with Crippen LogP contribution in [0, 0.1) is 5.92 Å². The van der Waals surface area contributed by atoms with Gasteiger partial charge in [-0.2, -0.15) is 0 Å². The minimum absolute atomic E-state index is 0.102. The van der Waals surface area contributed by atoms with E-state index in [2.05, 4.69) is 10.6 Å². The predicted molar refractivity (Wildman–Crippen MR) is 181 cm³/mol. The first-order valence-corrected chi connectivity index (χ1v) is 17.3. The van der Waals surface area contributed by atoms with Gasteiger partial charge in [0.25, 0.3) is 5.91 Å². The van der Waals surface area contributed by atoms with Crippen LogP contribution >= 0.6 is 0 Å². The van der Waals surface area contributed by atoms with E-state index in [9.17, 15) is 19.5 Å². The lowest BCUT2D eigenvalue weighted by molar-refractivity contribution is -0.116. The number of benzene rings is 1. The third-order valence-electron chi connectivity index (χ3n) is 9.08. The van der Waals surface area contributed by atoms with Gasteiger partial charge in [0, 0.05) is 50.8 Å². The van der Waals surface area contributed by atoms with Crippen LogP contribution in [0.15, 0.2) is 18.2 Å². The van der Waals surface area contributed by atoms with Gasteiger partial charge < -0.3 is 39.9 Å². The molecule has 3 rings (SSSR count). The van der Waals surface area contributed by atoms with Crippen molar-refractivity contribution in [2.45, 2.75) is 109 Å². The molecule has 1 aliphatic heterocycles. The molecule has 4 amide bonds. The van der Waals surface area contributed by atoms with Crippen molar-refractivity contribution in [2.24, 2.45) is 5.92 Å². The van der Waals surface area contributed by atoms with Crippen LogP contribution in [0.25, 0.3) is 0 Å². The quantitative estimate of drug-likeness (QED) is 0.336. The SMILES string of the molecule is C[C@H]1CCCCO[C@H](CN(C)C(=O)NC2CCCCC2)[C@@H](C)CN([C@@H](C)CO)C(=O)c2cc(NC(=O)CCCN(C)C)ccc2O1. The average Bonchev–Trinajstić information content (AvgIpc) is 3.02. The number of nitrogens with zero attached hydrogens (tertiary/aromatic N) is 3. The third-order valence-corrected chi connectivity index (χ3v) is 9.08. The van der Waals surface area contributed by atoms with E-state index in [0.717, 1.165) is 57.9 Å². The summed E-state index contributed by atoms with van der Waals surface area (Å²) in [5.41, 5.74) is 0.861. The molecule has 0 saturated heterocycles. The normalized spacial score (nSPS) is 22.7. The smallest absolute Gasteiger partial charge is 0.317 e. The summed E-state index contributed by atoms with van der Waals surface area (Å²) in [4.78, 5) is 45.5. The van der Waals surface area contributed by atoms with Crippen molar-refractivity contribution in [1.29, 1.82) is 0 Å². The van der Waals surface area contributed by atoms with Crippen molar-refractivity contribution >= 4 is 23.5 Å². The number of ether oxygens (including phenoxy) is 2. The fourth-order valence-electron chi connectivity index (χ4n) is 6.13. The minimum atomic E-state index is -0.481. The fraction of sp³-hybridized carbons (Fsp3) is 0.743. The Kier molecular flexibility index (Phi) is 15.6. The summed E-state index contributed by atoms with van der Waals surface area (Å²) >= 11 is 0. The van der Waals surface area contributed by atoms with Crippen LogP contribution in [0.2, 0.25) is 0 Å². The fourth-order valence-corrected chi connectivity index (χ4v) is 6.13. The Bertz CT molecular complexity index is 1110. The second-order valence-electron chi connectivity index (χ2n) is 13.6. The van der Waals surface area contributed by atoms with Gasteiger partial charge in [-0.05, 0) is 91.2 Å². The largest absolute Gasteiger partial charge is 0.490 e. The van der Waals surface area contributed by atoms with E-state index < -0.39 is 6.04 Å². The highest BCUT2D eigenvalue weighted by molar-refractivity contribution is 5.99. The Morgan fingerprint density at radius 2 is 1.78 bits per heavy atom.